The predicted octanol–water partition coefficient (Wildman–Crippen LogP) is 4.94. The number of anilines is 1. The second-order valence-electron chi connectivity index (χ2n) is 12.0. The van der Waals surface area contributed by atoms with Crippen molar-refractivity contribution in [2.75, 3.05) is 31.1 Å². The average molecular weight is 452 g/mol. The molecule has 4 saturated carbocycles. The number of para-hydroxylation sites is 2. The highest BCUT2D eigenvalue weighted by atomic mass is 15.3. The number of nitrogens with zero attached hydrogens (tertiary/aromatic N) is 5. The van der Waals surface area contributed by atoms with Crippen LogP contribution in [0.5, 0.6) is 0 Å². The molecule has 0 unspecified atom stereocenters. The third-order valence-electron chi connectivity index (χ3n) is 10.2. The van der Waals surface area contributed by atoms with E-state index in [-0.39, 0.29) is 0 Å². The lowest BCUT2D eigenvalue weighted by Crippen LogP contribution is -2.64. The molecule has 5 heteroatoms. The lowest BCUT2D eigenvalue weighted by atomic mass is 9.52. The van der Waals surface area contributed by atoms with Gasteiger partial charge in [0, 0.05) is 31.7 Å². The quantitative estimate of drug-likeness (QED) is 0.554. The van der Waals surface area contributed by atoms with Crippen LogP contribution < -0.4 is 4.90 Å². The molecule has 3 heterocycles. The lowest BCUT2D eigenvalue weighted by Gasteiger charge is -2.61. The van der Waals surface area contributed by atoms with Gasteiger partial charge in [-0.1, -0.05) is 12.1 Å². The van der Waals surface area contributed by atoms with Gasteiger partial charge < -0.3 is 4.90 Å². The Bertz CT molecular complexity index is 1320. The molecule has 0 spiro atoms. The summed E-state index contributed by atoms with van der Waals surface area (Å²) in [5.41, 5.74) is 6.99. The first-order chi connectivity index (χ1) is 16.7. The van der Waals surface area contributed by atoms with E-state index in [9.17, 15) is 5.26 Å². The number of benzene rings is 1. The number of imidazole rings is 1. The Morgan fingerprint density at radius 3 is 2.26 bits per heavy atom. The van der Waals surface area contributed by atoms with Crippen molar-refractivity contribution < 1.29 is 0 Å². The Labute approximate surface area is 201 Å². The summed E-state index contributed by atoms with van der Waals surface area (Å²) >= 11 is 0. The highest BCUT2D eigenvalue weighted by Crippen LogP contribution is 2.58. The van der Waals surface area contributed by atoms with Crippen molar-refractivity contribution in [2.24, 2.45) is 17.8 Å². The monoisotopic (exact) mass is 451 g/mol. The fourth-order valence-electron chi connectivity index (χ4n) is 9.24. The van der Waals surface area contributed by atoms with Gasteiger partial charge in [-0.05, 0) is 98.8 Å². The van der Waals surface area contributed by atoms with Crippen LogP contribution in [0.2, 0.25) is 0 Å². The highest BCUT2D eigenvalue weighted by Gasteiger charge is 2.53. The SMILES string of the molecule is N#Cc1c2c(c(N3CCN(C45CC6CC(CC(C6)C4)C5)CC3)n3c1nc1ccccc13)CCC2. The van der Waals surface area contributed by atoms with Crippen LogP contribution in [0.1, 0.15) is 61.6 Å². The molecule has 9 rings (SSSR count). The van der Waals surface area contributed by atoms with Crippen molar-refractivity contribution in [1.82, 2.24) is 14.3 Å². The molecule has 1 aliphatic heterocycles. The molecule has 0 amide bonds. The molecule has 1 saturated heterocycles. The minimum Gasteiger partial charge on any atom is -0.355 e. The van der Waals surface area contributed by atoms with Crippen molar-refractivity contribution in [3.8, 4) is 6.07 Å². The lowest BCUT2D eigenvalue weighted by molar-refractivity contribution is -0.0902. The first-order valence-electron chi connectivity index (χ1n) is 13.6. The molecule has 5 nitrogen and oxygen atoms in total. The van der Waals surface area contributed by atoms with E-state index in [1.165, 1.54) is 68.6 Å². The van der Waals surface area contributed by atoms with Crippen LogP contribution in [0.3, 0.4) is 0 Å². The van der Waals surface area contributed by atoms with Crippen LogP contribution in [0, 0.1) is 29.1 Å². The van der Waals surface area contributed by atoms with Gasteiger partial charge in [0.2, 0.25) is 0 Å². The number of hydrogen-bond donors (Lipinski definition) is 0. The summed E-state index contributed by atoms with van der Waals surface area (Å²) in [6.45, 7) is 4.52. The summed E-state index contributed by atoms with van der Waals surface area (Å²) in [5.74, 6) is 4.34. The zero-order chi connectivity index (χ0) is 22.4. The Kier molecular flexibility index (Phi) is 4.04. The fourth-order valence-corrected chi connectivity index (χ4v) is 9.24. The third-order valence-corrected chi connectivity index (χ3v) is 10.2. The van der Waals surface area contributed by atoms with E-state index < -0.39 is 0 Å². The van der Waals surface area contributed by atoms with Crippen LogP contribution in [0.15, 0.2) is 24.3 Å². The summed E-state index contributed by atoms with van der Waals surface area (Å²) in [5, 5.41) is 10.1. The normalized spacial score (nSPS) is 32.6. The maximum Gasteiger partial charge on any atom is 0.157 e. The highest BCUT2D eigenvalue weighted by molar-refractivity contribution is 5.86. The molecule has 5 aliphatic carbocycles. The number of hydrogen-bond acceptors (Lipinski definition) is 4. The molecule has 5 fully saturated rings. The van der Waals surface area contributed by atoms with Crippen LogP contribution in [0.4, 0.5) is 5.82 Å². The Morgan fingerprint density at radius 1 is 0.882 bits per heavy atom. The smallest absolute Gasteiger partial charge is 0.157 e. The molecule has 0 N–H and O–H groups in total. The molecule has 2 aromatic heterocycles. The molecule has 1 aromatic carbocycles. The van der Waals surface area contributed by atoms with Gasteiger partial charge in [0.15, 0.2) is 5.65 Å². The maximum atomic E-state index is 10.1. The molecule has 3 aromatic rings. The summed E-state index contributed by atoms with van der Waals surface area (Å²) in [4.78, 5) is 10.5. The van der Waals surface area contributed by atoms with Crippen molar-refractivity contribution in [1.29, 1.82) is 5.26 Å². The van der Waals surface area contributed by atoms with Crippen LogP contribution in [-0.4, -0.2) is 46.0 Å². The number of aromatic nitrogens is 2. The minimum atomic E-state index is 0.504. The first kappa shape index (κ1) is 19.7. The summed E-state index contributed by atoms with van der Waals surface area (Å²) in [6, 6.07) is 10.9. The van der Waals surface area contributed by atoms with Gasteiger partial charge in [0.1, 0.15) is 11.9 Å². The van der Waals surface area contributed by atoms with Crippen LogP contribution in [-0.2, 0) is 12.8 Å². The second-order valence-corrected chi connectivity index (χ2v) is 12.0. The molecular weight excluding hydrogens is 418 g/mol. The number of pyridine rings is 1. The van der Waals surface area contributed by atoms with Gasteiger partial charge in [0.05, 0.1) is 16.6 Å². The van der Waals surface area contributed by atoms with Gasteiger partial charge in [-0.25, -0.2) is 4.98 Å². The van der Waals surface area contributed by atoms with Crippen molar-refractivity contribution in [3.63, 3.8) is 0 Å². The van der Waals surface area contributed by atoms with E-state index in [4.69, 9.17) is 4.98 Å². The Hall–Kier alpha value is -2.58. The number of rotatable bonds is 2. The van der Waals surface area contributed by atoms with E-state index in [0.29, 0.717) is 5.54 Å². The predicted molar refractivity (Wildman–Crippen MR) is 134 cm³/mol. The first-order valence-corrected chi connectivity index (χ1v) is 13.6. The molecule has 6 aliphatic rings. The zero-order valence-electron chi connectivity index (χ0n) is 20.0. The van der Waals surface area contributed by atoms with Crippen molar-refractivity contribution in [3.05, 3.63) is 41.0 Å². The molecule has 0 radical (unpaired) electrons. The molecular formula is C29H33N5. The van der Waals surface area contributed by atoms with Crippen molar-refractivity contribution in [2.45, 2.75) is 63.3 Å². The largest absolute Gasteiger partial charge is 0.355 e. The number of piperazine rings is 1. The minimum absolute atomic E-state index is 0.504. The summed E-state index contributed by atoms with van der Waals surface area (Å²) in [7, 11) is 0. The van der Waals surface area contributed by atoms with E-state index in [1.54, 1.807) is 0 Å². The Morgan fingerprint density at radius 2 is 1.56 bits per heavy atom. The molecule has 34 heavy (non-hydrogen) atoms. The molecule has 4 bridgehead atoms. The fraction of sp³-hybridized carbons (Fsp3) is 0.586. The van der Waals surface area contributed by atoms with E-state index in [0.717, 1.165) is 72.3 Å². The van der Waals surface area contributed by atoms with E-state index in [1.807, 2.05) is 0 Å². The van der Waals surface area contributed by atoms with E-state index >= 15 is 0 Å². The maximum absolute atomic E-state index is 10.1. The van der Waals surface area contributed by atoms with Crippen LogP contribution in [0.25, 0.3) is 16.7 Å². The standard InChI is InChI=1S/C29H33N5/c30-18-24-22-4-3-5-23(22)28(34-26-7-2-1-6-25(26)31-27(24)34)32-8-10-33(11-9-32)29-15-19-12-20(16-29)14-21(13-19)17-29/h1-2,6-7,19-21H,3-5,8-17H2. The average Bonchev–Trinajstić information content (AvgIpc) is 3.47. The van der Waals surface area contributed by atoms with Gasteiger partial charge in [0.25, 0.3) is 0 Å². The van der Waals surface area contributed by atoms with Gasteiger partial charge in [-0.2, -0.15) is 5.26 Å². The Balaban J connectivity index is 1.19. The molecule has 174 valence electrons. The topological polar surface area (TPSA) is 47.6 Å². The van der Waals surface area contributed by atoms with Gasteiger partial charge in [-0.3, -0.25) is 9.30 Å². The second kappa shape index (κ2) is 6.98. The number of fused-ring (bicyclic) bond motifs is 4. The van der Waals surface area contributed by atoms with Crippen molar-refractivity contribution >= 4 is 22.5 Å². The van der Waals surface area contributed by atoms with Gasteiger partial charge >= 0.3 is 0 Å². The van der Waals surface area contributed by atoms with Gasteiger partial charge in [-0.15, -0.1) is 0 Å². The summed E-state index contributed by atoms with van der Waals surface area (Å²) < 4.78 is 2.33. The summed E-state index contributed by atoms with van der Waals surface area (Å²) in [6.07, 6.45) is 12.2. The zero-order valence-corrected chi connectivity index (χ0v) is 20.0. The van der Waals surface area contributed by atoms with E-state index in [2.05, 4.69) is 44.5 Å². The number of nitriles is 1. The molecule has 0 atom stereocenters. The third kappa shape index (κ3) is 2.61. The van der Waals surface area contributed by atoms with Crippen LogP contribution >= 0.6 is 0 Å².